The Kier molecular flexibility index (Phi) is 3.19. The van der Waals surface area contributed by atoms with Crippen LogP contribution >= 0.6 is 0 Å². The van der Waals surface area contributed by atoms with Crippen molar-refractivity contribution in [2.24, 2.45) is 0 Å². The van der Waals surface area contributed by atoms with Crippen LogP contribution in [0, 0.1) is 0 Å². The number of aromatic nitrogens is 2. The lowest BCUT2D eigenvalue weighted by atomic mass is 9.88. The van der Waals surface area contributed by atoms with E-state index in [-0.39, 0.29) is 0 Å². The predicted octanol–water partition coefficient (Wildman–Crippen LogP) is 3.26. The van der Waals surface area contributed by atoms with Gasteiger partial charge in [-0.1, -0.05) is 18.2 Å². The highest BCUT2D eigenvalue weighted by Crippen LogP contribution is 2.40. The fourth-order valence-electron chi connectivity index (χ4n) is 3.48. The molecule has 4 rings (SSSR count). The molecule has 0 unspecified atom stereocenters. The maximum atomic E-state index is 5.40. The van der Waals surface area contributed by atoms with Crippen LogP contribution in [0.4, 0.5) is 5.69 Å². The van der Waals surface area contributed by atoms with E-state index in [0.717, 1.165) is 19.4 Å². The number of imidazole rings is 1. The molecule has 0 bridgehead atoms. The Hall–Kier alpha value is -1.81. The van der Waals surface area contributed by atoms with Gasteiger partial charge in [0.1, 0.15) is 0 Å². The minimum Gasteiger partial charge on any atom is -0.384 e. The molecule has 4 heteroatoms. The van der Waals surface area contributed by atoms with Gasteiger partial charge >= 0.3 is 0 Å². The summed E-state index contributed by atoms with van der Waals surface area (Å²) >= 11 is 0. The van der Waals surface area contributed by atoms with Crippen LogP contribution in [0.1, 0.15) is 30.9 Å². The van der Waals surface area contributed by atoms with E-state index in [9.17, 15) is 0 Å². The third kappa shape index (κ3) is 2.14. The van der Waals surface area contributed by atoms with Crippen molar-refractivity contribution >= 4 is 5.69 Å². The molecule has 1 N–H and O–H groups in total. The van der Waals surface area contributed by atoms with Gasteiger partial charge in [0.2, 0.25) is 0 Å². The number of para-hydroxylation sites is 1. The van der Waals surface area contributed by atoms with Crippen LogP contribution in [-0.4, -0.2) is 29.3 Å². The highest BCUT2D eigenvalue weighted by molar-refractivity contribution is 5.79. The van der Waals surface area contributed by atoms with E-state index < -0.39 is 0 Å². The van der Waals surface area contributed by atoms with Crippen molar-refractivity contribution in [2.75, 3.05) is 19.0 Å². The normalized spacial score (nSPS) is 24.0. The van der Waals surface area contributed by atoms with Crippen molar-refractivity contribution in [2.45, 2.75) is 37.8 Å². The molecule has 21 heavy (non-hydrogen) atoms. The fraction of sp³-hybridized carbons (Fsp3) is 0.471. The molecule has 2 aliphatic rings. The SMILES string of the molecule is COC1CC(n2cncc2-c2cccc3c2NCCC3)C1. The number of hydrogen-bond donors (Lipinski definition) is 1. The summed E-state index contributed by atoms with van der Waals surface area (Å²) in [6, 6.07) is 7.12. The van der Waals surface area contributed by atoms with E-state index in [1.165, 1.54) is 35.3 Å². The molecule has 4 nitrogen and oxygen atoms in total. The average molecular weight is 283 g/mol. The first-order valence-corrected chi connectivity index (χ1v) is 7.77. The van der Waals surface area contributed by atoms with Gasteiger partial charge in [0.25, 0.3) is 0 Å². The van der Waals surface area contributed by atoms with Gasteiger partial charge in [0.15, 0.2) is 0 Å². The van der Waals surface area contributed by atoms with Crippen LogP contribution in [0.2, 0.25) is 0 Å². The Morgan fingerprint density at radius 2 is 2.24 bits per heavy atom. The quantitative estimate of drug-likeness (QED) is 0.939. The molecule has 1 aliphatic carbocycles. The Bertz CT molecular complexity index is 643. The molecule has 0 atom stereocenters. The minimum absolute atomic E-state index is 0.410. The lowest BCUT2D eigenvalue weighted by molar-refractivity contribution is 0.00663. The van der Waals surface area contributed by atoms with Gasteiger partial charge in [-0.2, -0.15) is 0 Å². The van der Waals surface area contributed by atoms with E-state index in [2.05, 4.69) is 33.1 Å². The van der Waals surface area contributed by atoms with E-state index in [0.29, 0.717) is 12.1 Å². The highest BCUT2D eigenvalue weighted by Gasteiger charge is 2.32. The van der Waals surface area contributed by atoms with Crippen molar-refractivity contribution in [3.63, 3.8) is 0 Å². The third-order valence-corrected chi connectivity index (χ3v) is 4.81. The lowest BCUT2D eigenvalue weighted by Gasteiger charge is -2.36. The van der Waals surface area contributed by atoms with Crippen LogP contribution in [0.25, 0.3) is 11.3 Å². The monoisotopic (exact) mass is 283 g/mol. The summed E-state index contributed by atoms with van der Waals surface area (Å²) in [5.41, 5.74) is 5.23. The Labute approximate surface area is 125 Å². The van der Waals surface area contributed by atoms with Gasteiger partial charge in [-0.3, -0.25) is 0 Å². The summed E-state index contributed by atoms with van der Waals surface area (Å²) in [7, 11) is 1.80. The standard InChI is InChI=1S/C17H21N3O/c1-21-14-8-13(9-14)20-11-18-10-16(20)15-6-2-4-12-5-3-7-19-17(12)15/h2,4,6,10-11,13-14,19H,3,5,7-9H2,1H3. The van der Waals surface area contributed by atoms with Gasteiger partial charge in [0, 0.05) is 30.9 Å². The summed E-state index contributed by atoms with van der Waals surface area (Å²) in [4.78, 5) is 4.40. The van der Waals surface area contributed by atoms with Crippen LogP contribution < -0.4 is 5.32 Å². The van der Waals surface area contributed by atoms with E-state index in [4.69, 9.17) is 4.74 Å². The smallest absolute Gasteiger partial charge is 0.0953 e. The average Bonchev–Trinajstić information content (AvgIpc) is 2.94. The van der Waals surface area contributed by atoms with Crippen molar-refractivity contribution < 1.29 is 4.74 Å². The maximum absolute atomic E-state index is 5.40. The topological polar surface area (TPSA) is 39.1 Å². The third-order valence-electron chi connectivity index (χ3n) is 4.81. The first-order chi connectivity index (χ1) is 10.4. The van der Waals surface area contributed by atoms with Gasteiger partial charge in [0.05, 0.1) is 24.3 Å². The van der Waals surface area contributed by atoms with Crippen LogP contribution in [0.15, 0.2) is 30.7 Å². The second kappa shape index (κ2) is 5.19. The number of methoxy groups -OCH3 is 1. The number of benzene rings is 1. The number of nitrogens with zero attached hydrogens (tertiary/aromatic N) is 2. The second-order valence-electron chi connectivity index (χ2n) is 6.04. The van der Waals surface area contributed by atoms with Crippen LogP contribution in [0.5, 0.6) is 0 Å². The van der Waals surface area contributed by atoms with Crippen molar-refractivity contribution in [3.05, 3.63) is 36.3 Å². The number of anilines is 1. The molecule has 110 valence electrons. The molecule has 0 radical (unpaired) electrons. The second-order valence-corrected chi connectivity index (χ2v) is 6.04. The molecule has 1 saturated carbocycles. The van der Waals surface area contributed by atoms with Gasteiger partial charge < -0.3 is 14.6 Å². The highest BCUT2D eigenvalue weighted by atomic mass is 16.5. The van der Waals surface area contributed by atoms with Gasteiger partial charge in [-0.15, -0.1) is 0 Å². The zero-order valence-corrected chi connectivity index (χ0v) is 12.4. The number of hydrogen-bond acceptors (Lipinski definition) is 3. The van der Waals surface area contributed by atoms with E-state index >= 15 is 0 Å². The molecular weight excluding hydrogens is 262 g/mol. The molecule has 2 heterocycles. The molecule has 2 aromatic rings. The Balaban J connectivity index is 1.70. The first-order valence-electron chi connectivity index (χ1n) is 7.77. The van der Waals surface area contributed by atoms with E-state index in [1.54, 1.807) is 7.11 Å². The zero-order chi connectivity index (χ0) is 14.2. The lowest BCUT2D eigenvalue weighted by Crippen LogP contribution is -2.32. The largest absolute Gasteiger partial charge is 0.384 e. The Morgan fingerprint density at radius 1 is 1.33 bits per heavy atom. The molecule has 0 saturated heterocycles. The molecule has 1 aromatic carbocycles. The molecule has 1 aliphatic heterocycles. The summed E-state index contributed by atoms with van der Waals surface area (Å²) in [5.74, 6) is 0. The first kappa shape index (κ1) is 12.9. The Morgan fingerprint density at radius 3 is 3.10 bits per heavy atom. The summed E-state index contributed by atoms with van der Waals surface area (Å²) in [5, 5.41) is 3.58. The summed E-state index contributed by atoms with van der Waals surface area (Å²) < 4.78 is 7.73. The van der Waals surface area contributed by atoms with Crippen LogP contribution in [0.3, 0.4) is 0 Å². The van der Waals surface area contributed by atoms with Crippen molar-refractivity contribution in [3.8, 4) is 11.3 Å². The number of aryl methyl sites for hydroxylation is 1. The van der Waals surface area contributed by atoms with Crippen LogP contribution in [-0.2, 0) is 11.2 Å². The molecule has 1 fully saturated rings. The summed E-state index contributed by atoms with van der Waals surface area (Å²) in [6.07, 6.45) is 8.92. The van der Waals surface area contributed by atoms with Crippen molar-refractivity contribution in [1.29, 1.82) is 0 Å². The molecule has 0 spiro atoms. The zero-order valence-electron chi connectivity index (χ0n) is 12.4. The number of nitrogens with one attached hydrogen (secondary N) is 1. The van der Waals surface area contributed by atoms with Crippen molar-refractivity contribution in [1.82, 2.24) is 9.55 Å². The van der Waals surface area contributed by atoms with Gasteiger partial charge in [-0.05, 0) is 31.2 Å². The minimum atomic E-state index is 0.410. The molecular formula is C17H21N3O. The number of fused-ring (bicyclic) bond motifs is 1. The molecule has 1 aromatic heterocycles. The number of ether oxygens (including phenoxy) is 1. The molecule has 0 amide bonds. The maximum Gasteiger partial charge on any atom is 0.0953 e. The van der Waals surface area contributed by atoms with E-state index in [1.807, 2.05) is 12.5 Å². The van der Waals surface area contributed by atoms with Gasteiger partial charge in [-0.25, -0.2) is 4.98 Å². The fourth-order valence-corrected chi connectivity index (χ4v) is 3.48. The predicted molar refractivity (Wildman–Crippen MR) is 83.5 cm³/mol. The summed E-state index contributed by atoms with van der Waals surface area (Å²) in [6.45, 7) is 1.06. The number of rotatable bonds is 3.